The van der Waals surface area contributed by atoms with Crippen LogP contribution in [-0.2, 0) is 0 Å². The highest BCUT2D eigenvalue weighted by molar-refractivity contribution is 5.61. The molecule has 0 spiro atoms. The van der Waals surface area contributed by atoms with Gasteiger partial charge in [0.1, 0.15) is 6.07 Å². The third-order valence-electron chi connectivity index (χ3n) is 3.86. The van der Waals surface area contributed by atoms with Crippen molar-refractivity contribution < 1.29 is 0 Å². The lowest BCUT2D eigenvalue weighted by Crippen LogP contribution is -2.08. The maximum atomic E-state index is 9.29. The number of rotatable bonds is 4. The van der Waals surface area contributed by atoms with Crippen molar-refractivity contribution in [1.29, 1.82) is 5.26 Å². The molecule has 0 aliphatic heterocycles. The molecule has 2 aromatic rings. The van der Waals surface area contributed by atoms with Crippen LogP contribution in [0.4, 0.5) is 5.69 Å². The predicted molar refractivity (Wildman–Crippen MR) is 88.5 cm³/mol. The van der Waals surface area contributed by atoms with Gasteiger partial charge in [0.15, 0.2) is 0 Å². The molecule has 108 valence electrons. The first-order valence-corrected chi connectivity index (χ1v) is 7.39. The van der Waals surface area contributed by atoms with Gasteiger partial charge in [-0.3, -0.25) is 0 Å². The third kappa shape index (κ3) is 3.44. The Hall–Kier alpha value is -2.27. The van der Waals surface area contributed by atoms with Crippen molar-refractivity contribution >= 4 is 5.69 Å². The van der Waals surface area contributed by atoms with Crippen LogP contribution in [0.3, 0.4) is 0 Å². The Morgan fingerprint density at radius 3 is 2.14 bits per heavy atom. The van der Waals surface area contributed by atoms with Gasteiger partial charge < -0.3 is 5.32 Å². The third-order valence-corrected chi connectivity index (χ3v) is 3.86. The van der Waals surface area contributed by atoms with E-state index in [1.807, 2.05) is 25.1 Å². The highest BCUT2D eigenvalue weighted by atomic mass is 14.9. The summed E-state index contributed by atoms with van der Waals surface area (Å²) in [4.78, 5) is 0. The average Bonchev–Trinajstić information content (AvgIpc) is 2.47. The highest BCUT2D eigenvalue weighted by Crippen LogP contribution is 2.25. The Morgan fingerprint density at radius 1 is 0.952 bits per heavy atom. The first kappa shape index (κ1) is 15.1. The number of nitriles is 1. The smallest absolute Gasteiger partial charge is 0.102 e. The van der Waals surface area contributed by atoms with E-state index in [0.717, 1.165) is 16.8 Å². The second-order valence-corrected chi connectivity index (χ2v) is 5.80. The molecule has 0 aliphatic rings. The monoisotopic (exact) mass is 278 g/mol. The van der Waals surface area contributed by atoms with Crippen LogP contribution in [0.15, 0.2) is 42.5 Å². The van der Waals surface area contributed by atoms with Crippen molar-refractivity contribution in [2.24, 2.45) is 0 Å². The van der Waals surface area contributed by atoms with Gasteiger partial charge in [-0.2, -0.15) is 5.26 Å². The first-order chi connectivity index (χ1) is 10.0. The second kappa shape index (κ2) is 6.45. The molecule has 0 heterocycles. The van der Waals surface area contributed by atoms with Gasteiger partial charge in [0.05, 0.1) is 11.3 Å². The molecule has 0 radical (unpaired) electrons. The lowest BCUT2D eigenvalue weighted by molar-refractivity contribution is 0.851. The second-order valence-electron chi connectivity index (χ2n) is 5.80. The summed E-state index contributed by atoms with van der Waals surface area (Å²) >= 11 is 0. The van der Waals surface area contributed by atoms with E-state index in [2.05, 4.69) is 56.4 Å². The quantitative estimate of drug-likeness (QED) is 0.838. The Kier molecular flexibility index (Phi) is 4.65. The van der Waals surface area contributed by atoms with E-state index in [0.29, 0.717) is 5.92 Å². The number of aryl methyl sites for hydroxylation is 1. The molecule has 0 aliphatic carbocycles. The van der Waals surface area contributed by atoms with Gasteiger partial charge in [0.25, 0.3) is 0 Å². The molecule has 0 fully saturated rings. The van der Waals surface area contributed by atoms with Crippen LogP contribution in [0.2, 0.25) is 0 Å². The minimum Gasteiger partial charge on any atom is -0.377 e. The van der Waals surface area contributed by atoms with E-state index in [4.69, 9.17) is 0 Å². The van der Waals surface area contributed by atoms with Gasteiger partial charge in [-0.15, -0.1) is 0 Å². The van der Waals surface area contributed by atoms with Crippen molar-refractivity contribution in [1.82, 2.24) is 0 Å². The van der Waals surface area contributed by atoms with Gasteiger partial charge in [-0.05, 0) is 42.5 Å². The fraction of sp³-hybridized carbons (Fsp3) is 0.316. The first-order valence-electron chi connectivity index (χ1n) is 7.39. The highest BCUT2D eigenvalue weighted by Gasteiger charge is 2.10. The molecule has 0 saturated heterocycles. The summed E-state index contributed by atoms with van der Waals surface area (Å²) < 4.78 is 0. The molecule has 2 nitrogen and oxygen atoms in total. The minimum atomic E-state index is 0.167. The largest absolute Gasteiger partial charge is 0.377 e. The van der Waals surface area contributed by atoms with Crippen molar-refractivity contribution in [3.8, 4) is 6.07 Å². The van der Waals surface area contributed by atoms with E-state index in [1.165, 1.54) is 11.1 Å². The topological polar surface area (TPSA) is 35.8 Å². The number of benzene rings is 2. The van der Waals surface area contributed by atoms with Gasteiger partial charge in [-0.25, -0.2) is 0 Å². The molecule has 1 unspecified atom stereocenters. The summed E-state index contributed by atoms with van der Waals surface area (Å²) in [6, 6.07) is 17.0. The van der Waals surface area contributed by atoms with Crippen LogP contribution in [0, 0.1) is 18.3 Å². The van der Waals surface area contributed by atoms with Crippen LogP contribution in [0.1, 0.15) is 55.0 Å². The molecule has 21 heavy (non-hydrogen) atoms. The molecule has 2 heteroatoms. The van der Waals surface area contributed by atoms with Gasteiger partial charge in [-0.1, -0.05) is 50.2 Å². The summed E-state index contributed by atoms with van der Waals surface area (Å²) in [5.74, 6) is 0.546. The maximum absolute atomic E-state index is 9.29. The van der Waals surface area contributed by atoms with Gasteiger partial charge in [0.2, 0.25) is 0 Å². The van der Waals surface area contributed by atoms with Crippen molar-refractivity contribution in [3.05, 3.63) is 64.7 Å². The van der Waals surface area contributed by atoms with Crippen LogP contribution >= 0.6 is 0 Å². The fourth-order valence-corrected chi connectivity index (χ4v) is 2.42. The van der Waals surface area contributed by atoms with E-state index < -0.39 is 0 Å². The molecule has 0 aromatic heterocycles. The van der Waals surface area contributed by atoms with Gasteiger partial charge >= 0.3 is 0 Å². The molecule has 2 aromatic carbocycles. The minimum absolute atomic E-state index is 0.167. The summed E-state index contributed by atoms with van der Waals surface area (Å²) in [6.45, 7) is 8.48. The van der Waals surface area contributed by atoms with E-state index in [-0.39, 0.29) is 6.04 Å². The van der Waals surface area contributed by atoms with Crippen LogP contribution in [0.25, 0.3) is 0 Å². The SMILES string of the molecule is Cc1cccc(NC(C)c2ccc(C(C)C)cc2)c1C#N. The zero-order valence-electron chi connectivity index (χ0n) is 13.1. The molecule has 1 N–H and O–H groups in total. The zero-order chi connectivity index (χ0) is 15.4. The number of hydrogen-bond acceptors (Lipinski definition) is 2. The van der Waals surface area contributed by atoms with E-state index >= 15 is 0 Å². The van der Waals surface area contributed by atoms with Crippen molar-refractivity contribution in [2.75, 3.05) is 5.32 Å². The van der Waals surface area contributed by atoms with Crippen LogP contribution < -0.4 is 5.32 Å². The van der Waals surface area contributed by atoms with E-state index in [1.54, 1.807) is 0 Å². The Labute approximate surface area is 127 Å². The maximum Gasteiger partial charge on any atom is 0.102 e. The van der Waals surface area contributed by atoms with Gasteiger partial charge in [0, 0.05) is 6.04 Å². The van der Waals surface area contributed by atoms with Crippen LogP contribution in [0.5, 0.6) is 0 Å². The zero-order valence-corrected chi connectivity index (χ0v) is 13.1. The summed E-state index contributed by atoms with van der Waals surface area (Å²) in [7, 11) is 0. The Bertz CT molecular complexity index is 648. The molecular weight excluding hydrogens is 256 g/mol. The molecule has 0 saturated carbocycles. The number of nitrogens with one attached hydrogen (secondary N) is 1. The average molecular weight is 278 g/mol. The molecule has 2 rings (SSSR count). The van der Waals surface area contributed by atoms with Crippen molar-refractivity contribution in [2.45, 2.75) is 39.7 Å². The number of anilines is 1. The lowest BCUT2D eigenvalue weighted by atomic mass is 9.99. The number of hydrogen-bond donors (Lipinski definition) is 1. The molecule has 0 bridgehead atoms. The predicted octanol–water partition coefficient (Wildman–Crippen LogP) is 5.16. The van der Waals surface area contributed by atoms with Crippen molar-refractivity contribution in [3.63, 3.8) is 0 Å². The Morgan fingerprint density at radius 2 is 1.57 bits per heavy atom. The summed E-state index contributed by atoms with van der Waals surface area (Å²) in [6.07, 6.45) is 0. The number of nitrogens with zero attached hydrogens (tertiary/aromatic N) is 1. The molecule has 0 amide bonds. The lowest BCUT2D eigenvalue weighted by Gasteiger charge is -2.18. The van der Waals surface area contributed by atoms with E-state index in [9.17, 15) is 5.26 Å². The van der Waals surface area contributed by atoms with Crippen LogP contribution in [-0.4, -0.2) is 0 Å². The summed E-state index contributed by atoms with van der Waals surface area (Å²) in [5.41, 5.74) is 5.20. The fourth-order valence-electron chi connectivity index (χ4n) is 2.42. The summed E-state index contributed by atoms with van der Waals surface area (Å²) in [5, 5.41) is 12.7. The molecular formula is C19H22N2. The standard InChI is InChI=1S/C19H22N2/c1-13(2)16-8-10-17(11-9-16)15(4)21-19-7-5-6-14(3)18(19)12-20/h5-11,13,15,21H,1-4H3. The molecule has 1 atom stereocenters. The Balaban J connectivity index is 2.20. The normalized spacial score (nSPS) is 12.0.